The van der Waals surface area contributed by atoms with Crippen molar-refractivity contribution in [2.24, 2.45) is 5.92 Å². The molecule has 1 saturated heterocycles. The molecule has 2 amide bonds. The van der Waals surface area contributed by atoms with Crippen molar-refractivity contribution in [2.45, 2.75) is 12.8 Å². The van der Waals surface area contributed by atoms with Gasteiger partial charge in [-0.2, -0.15) is 0 Å². The molecule has 23 heavy (non-hydrogen) atoms. The maximum Gasteiger partial charge on any atom is 0.273 e. The maximum absolute atomic E-state index is 12.1. The van der Waals surface area contributed by atoms with Gasteiger partial charge in [-0.05, 0) is 12.0 Å². The third kappa shape index (κ3) is 3.97. The van der Waals surface area contributed by atoms with Crippen LogP contribution in [0, 0.1) is 5.92 Å². The summed E-state index contributed by atoms with van der Waals surface area (Å²) in [4.78, 5) is 25.7. The van der Waals surface area contributed by atoms with E-state index in [2.05, 4.69) is 27.1 Å². The summed E-state index contributed by atoms with van der Waals surface area (Å²) in [6, 6.07) is 11.6. The van der Waals surface area contributed by atoms with E-state index in [1.165, 1.54) is 17.9 Å². The number of hydrogen-bond acceptors (Lipinski definition) is 4. The lowest BCUT2D eigenvalue weighted by Crippen LogP contribution is -2.32. The van der Waals surface area contributed by atoms with Crippen LogP contribution in [0.1, 0.15) is 22.5 Å². The molecule has 1 fully saturated rings. The third-order valence-electron chi connectivity index (χ3n) is 4.03. The molecule has 6 nitrogen and oxygen atoms in total. The number of nitrogens with one attached hydrogen (secondary N) is 1. The van der Waals surface area contributed by atoms with Crippen LogP contribution in [-0.2, 0) is 11.2 Å². The predicted octanol–water partition coefficient (Wildman–Crippen LogP) is 1.50. The van der Waals surface area contributed by atoms with Gasteiger partial charge < -0.3 is 14.7 Å². The lowest BCUT2D eigenvalue weighted by atomic mass is 10.1. The smallest absolute Gasteiger partial charge is 0.273 e. The monoisotopic (exact) mass is 313 g/mol. The molecule has 120 valence electrons. The van der Waals surface area contributed by atoms with Crippen molar-refractivity contribution in [2.75, 3.05) is 19.6 Å². The van der Waals surface area contributed by atoms with Gasteiger partial charge in [0.15, 0.2) is 5.69 Å². The fraction of sp³-hybridized carbons (Fsp3) is 0.353. The number of amides is 2. The van der Waals surface area contributed by atoms with Gasteiger partial charge in [0.1, 0.15) is 6.26 Å². The Balaban J connectivity index is 1.45. The maximum atomic E-state index is 12.1. The van der Waals surface area contributed by atoms with Crippen LogP contribution in [0.2, 0.25) is 0 Å². The summed E-state index contributed by atoms with van der Waals surface area (Å²) >= 11 is 0. The highest BCUT2D eigenvalue weighted by molar-refractivity contribution is 5.92. The minimum atomic E-state index is -0.270. The van der Waals surface area contributed by atoms with Gasteiger partial charge in [-0.15, -0.1) is 0 Å². The summed E-state index contributed by atoms with van der Waals surface area (Å²) in [6.45, 7) is 1.88. The van der Waals surface area contributed by atoms with Crippen LogP contribution >= 0.6 is 0 Å². The molecule has 0 unspecified atom stereocenters. The largest absolute Gasteiger partial charge is 0.364 e. The summed E-state index contributed by atoms with van der Waals surface area (Å²) in [7, 11) is 0. The Morgan fingerprint density at radius 2 is 2.13 bits per heavy atom. The van der Waals surface area contributed by atoms with Gasteiger partial charge >= 0.3 is 0 Å². The van der Waals surface area contributed by atoms with Crippen LogP contribution in [0.25, 0.3) is 0 Å². The highest BCUT2D eigenvalue weighted by Crippen LogP contribution is 2.17. The molecule has 1 aromatic carbocycles. The number of carbonyl (C=O) groups is 2. The zero-order chi connectivity index (χ0) is 16.1. The van der Waals surface area contributed by atoms with Crippen LogP contribution < -0.4 is 5.32 Å². The van der Waals surface area contributed by atoms with Gasteiger partial charge in [0.25, 0.3) is 5.91 Å². The van der Waals surface area contributed by atoms with E-state index < -0.39 is 0 Å². The van der Waals surface area contributed by atoms with Crippen molar-refractivity contribution in [1.82, 2.24) is 15.4 Å². The van der Waals surface area contributed by atoms with E-state index in [0.717, 1.165) is 13.0 Å². The number of hydrogen-bond donors (Lipinski definition) is 1. The molecule has 3 rings (SSSR count). The van der Waals surface area contributed by atoms with Crippen LogP contribution in [-0.4, -0.2) is 41.5 Å². The molecule has 2 heterocycles. The molecular formula is C17H19N3O3. The summed E-state index contributed by atoms with van der Waals surface area (Å²) in [5.41, 5.74) is 1.48. The lowest BCUT2D eigenvalue weighted by molar-refractivity contribution is -0.127. The molecule has 1 aromatic heterocycles. The van der Waals surface area contributed by atoms with E-state index in [1.54, 1.807) is 0 Å². The first-order valence-electron chi connectivity index (χ1n) is 7.72. The number of nitrogens with zero attached hydrogens (tertiary/aromatic N) is 2. The molecule has 1 aliphatic rings. The summed E-state index contributed by atoms with van der Waals surface area (Å²) < 4.78 is 4.64. The van der Waals surface area contributed by atoms with Gasteiger partial charge in [-0.1, -0.05) is 35.5 Å². The van der Waals surface area contributed by atoms with Crippen molar-refractivity contribution in [3.63, 3.8) is 0 Å². The standard InChI is InChI=1S/C17H19N3O3/c21-16-10-14(11-18-17(22)15-7-9-23-19-15)12-20(16)8-6-13-4-2-1-3-5-13/h1-5,7,9,14H,6,8,10-12H2,(H,18,22)/t14-/m0/s1. The minimum Gasteiger partial charge on any atom is -0.364 e. The molecule has 0 bridgehead atoms. The number of likely N-dealkylation sites (tertiary alicyclic amines) is 1. The van der Waals surface area contributed by atoms with Gasteiger partial charge in [0, 0.05) is 38.0 Å². The number of carbonyl (C=O) groups excluding carboxylic acids is 2. The van der Waals surface area contributed by atoms with E-state index in [1.807, 2.05) is 23.1 Å². The molecule has 1 N–H and O–H groups in total. The molecule has 2 aromatic rings. The minimum absolute atomic E-state index is 0.147. The van der Waals surface area contributed by atoms with Crippen molar-refractivity contribution in [3.8, 4) is 0 Å². The molecule has 1 aliphatic heterocycles. The topological polar surface area (TPSA) is 75.4 Å². The zero-order valence-corrected chi connectivity index (χ0v) is 12.8. The van der Waals surface area contributed by atoms with E-state index in [9.17, 15) is 9.59 Å². The van der Waals surface area contributed by atoms with E-state index >= 15 is 0 Å². The Kier molecular flexibility index (Phi) is 4.71. The molecule has 0 spiro atoms. The van der Waals surface area contributed by atoms with Crippen LogP contribution in [0.4, 0.5) is 0 Å². The van der Waals surface area contributed by atoms with Gasteiger partial charge in [0.2, 0.25) is 5.91 Å². The molecular weight excluding hydrogens is 294 g/mol. The number of aromatic nitrogens is 1. The Morgan fingerprint density at radius 1 is 1.30 bits per heavy atom. The fourth-order valence-electron chi connectivity index (χ4n) is 2.77. The van der Waals surface area contributed by atoms with Crippen molar-refractivity contribution in [3.05, 3.63) is 53.9 Å². The normalized spacial score (nSPS) is 17.5. The van der Waals surface area contributed by atoms with Crippen molar-refractivity contribution in [1.29, 1.82) is 0 Å². The first kappa shape index (κ1) is 15.3. The van der Waals surface area contributed by atoms with Crippen LogP contribution in [0.5, 0.6) is 0 Å². The summed E-state index contributed by atoms with van der Waals surface area (Å²) in [5, 5.41) is 6.39. The van der Waals surface area contributed by atoms with E-state index in [4.69, 9.17) is 0 Å². The van der Waals surface area contributed by atoms with Gasteiger partial charge in [-0.3, -0.25) is 9.59 Å². The molecule has 6 heteroatoms. The number of benzene rings is 1. The van der Waals surface area contributed by atoms with Crippen molar-refractivity contribution >= 4 is 11.8 Å². The fourth-order valence-corrected chi connectivity index (χ4v) is 2.77. The molecule has 0 saturated carbocycles. The zero-order valence-electron chi connectivity index (χ0n) is 12.8. The highest BCUT2D eigenvalue weighted by atomic mass is 16.5. The molecule has 1 atom stereocenters. The second kappa shape index (κ2) is 7.09. The van der Waals surface area contributed by atoms with Crippen LogP contribution in [0.15, 0.2) is 47.2 Å². The predicted molar refractivity (Wildman–Crippen MR) is 83.7 cm³/mol. The average Bonchev–Trinajstić information content (AvgIpc) is 3.22. The first-order chi connectivity index (χ1) is 11.2. The third-order valence-corrected chi connectivity index (χ3v) is 4.03. The van der Waals surface area contributed by atoms with Crippen LogP contribution in [0.3, 0.4) is 0 Å². The Hall–Kier alpha value is -2.63. The number of rotatable bonds is 6. The first-order valence-corrected chi connectivity index (χ1v) is 7.72. The van der Waals surface area contributed by atoms with E-state index in [-0.39, 0.29) is 23.4 Å². The highest BCUT2D eigenvalue weighted by Gasteiger charge is 2.29. The second-order valence-corrected chi connectivity index (χ2v) is 5.74. The van der Waals surface area contributed by atoms with Crippen molar-refractivity contribution < 1.29 is 14.1 Å². The Morgan fingerprint density at radius 3 is 2.87 bits per heavy atom. The average molecular weight is 313 g/mol. The Labute approximate surface area is 134 Å². The molecule has 0 aliphatic carbocycles. The van der Waals surface area contributed by atoms with Gasteiger partial charge in [-0.25, -0.2) is 0 Å². The Bertz CT molecular complexity index is 655. The second-order valence-electron chi connectivity index (χ2n) is 5.74. The summed E-state index contributed by atoms with van der Waals surface area (Å²) in [6.07, 6.45) is 2.69. The van der Waals surface area contributed by atoms with E-state index in [0.29, 0.717) is 19.5 Å². The quantitative estimate of drug-likeness (QED) is 0.877. The SMILES string of the molecule is O=C(NC[C@@H]1CC(=O)N(CCc2ccccc2)C1)c1ccon1. The summed E-state index contributed by atoms with van der Waals surface area (Å²) in [5.74, 6) is 0.0321. The molecule has 0 radical (unpaired) electrons. The lowest BCUT2D eigenvalue weighted by Gasteiger charge is -2.16. The van der Waals surface area contributed by atoms with Gasteiger partial charge in [0.05, 0.1) is 0 Å².